The molecule has 2 bridgehead atoms. The predicted octanol–water partition coefficient (Wildman–Crippen LogP) is 3.18. The van der Waals surface area contributed by atoms with Crippen LogP contribution in [0.1, 0.15) is 27.2 Å². The summed E-state index contributed by atoms with van der Waals surface area (Å²) in [5, 5.41) is 1.51. The molecule has 3 atom stereocenters. The maximum absolute atomic E-state index is 12.2. The van der Waals surface area contributed by atoms with Gasteiger partial charge in [0.1, 0.15) is 5.60 Å². The van der Waals surface area contributed by atoms with Crippen molar-refractivity contribution >= 4 is 17.9 Å². The quantitative estimate of drug-likeness (QED) is 0.839. The van der Waals surface area contributed by atoms with Gasteiger partial charge in [0.25, 0.3) is 0 Å². The molecule has 1 aromatic rings. The first-order valence-electron chi connectivity index (χ1n) is 7.01. The Bertz CT molecular complexity index is 500. The first-order chi connectivity index (χ1) is 9.44. The number of nitrogens with zero attached hydrogens (tertiary/aromatic N) is 2. The van der Waals surface area contributed by atoms with E-state index in [1.54, 1.807) is 11.8 Å². The zero-order valence-electron chi connectivity index (χ0n) is 12.1. The van der Waals surface area contributed by atoms with Crippen LogP contribution in [-0.4, -0.2) is 39.4 Å². The van der Waals surface area contributed by atoms with E-state index in [9.17, 15) is 4.79 Å². The van der Waals surface area contributed by atoms with E-state index in [1.165, 1.54) is 0 Å². The van der Waals surface area contributed by atoms with Crippen LogP contribution >= 0.6 is 11.8 Å². The number of hydrogen-bond donors (Lipinski definition) is 0. The van der Waals surface area contributed by atoms with Crippen molar-refractivity contribution < 1.29 is 9.53 Å². The smallest absolute Gasteiger partial charge is 0.410 e. The molecule has 3 fully saturated rings. The Balaban J connectivity index is 1.62. The Morgan fingerprint density at radius 3 is 2.90 bits per heavy atom. The van der Waals surface area contributed by atoms with Crippen LogP contribution in [-0.2, 0) is 4.74 Å². The van der Waals surface area contributed by atoms with E-state index in [0.29, 0.717) is 17.2 Å². The fraction of sp³-hybridized carbons (Fsp3) is 0.600. The second-order valence-corrected chi connectivity index (χ2v) is 7.64. The van der Waals surface area contributed by atoms with Crippen LogP contribution in [0.4, 0.5) is 4.79 Å². The van der Waals surface area contributed by atoms with Gasteiger partial charge in [-0.2, -0.15) is 0 Å². The van der Waals surface area contributed by atoms with Crippen LogP contribution < -0.4 is 0 Å². The molecule has 20 heavy (non-hydrogen) atoms. The molecule has 1 aromatic heterocycles. The van der Waals surface area contributed by atoms with E-state index < -0.39 is 5.60 Å². The van der Waals surface area contributed by atoms with E-state index in [-0.39, 0.29) is 6.09 Å². The topological polar surface area (TPSA) is 42.4 Å². The van der Waals surface area contributed by atoms with Crippen LogP contribution in [0.5, 0.6) is 0 Å². The van der Waals surface area contributed by atoms with Gasteiger partial charge in [-0.05, 0) is 45.2 Å². The zero-order chi connectivity index (χ0) is 14.3. The van der Waals surface area contributed by atoms with Gasteiger partial charge in [0.15, 0.2) is 0 Å². The summed E-state index contributed by atoms with van der Waals surface area (Å²) < 4.78 is 5.48. The highest BCUT2D eigenvalue weighted by Crippen LogP contribution is 2.49. The molecule has 0 spiro atoms. The van der Waals surface area contributed by atoms with Crippen molar-refractivity contribution in [1.29, 1.82) is 0 Å². The standard InChI is InChI=1S/C15H20N2O2S/c1-15(2,3)19-14(18)17-9-10-8-11(17)13(10)20-12-6-4-5-7-16-12/h4-7,10-11,13H,8-9H2,1-3H3/t10-,11-,13-/m1/s1. The second-order valence-electron chi connectivity index (χ2n) is 6.45. The highest BCUT2D eigenvalue weighted by Gasteiger charge is 2.55. The van der Waals surface area contributed by atoms with Gasteiger partial charge < -0.3 is 9.64 Å². The summed E-state index contributed by atoms with van der Waals surface area (Å²) >= 11 is 1.79. The molecule has 0 unspecified atom stereocenters. The highest BCUT2D eigenvalue weighted by molar-refractivity contribution is 8.00. The number of carbonyl (C=O) groups is 1. The zero-order valence-corrected chi connectivity index (χ0v) is 12.9. The van der Waals surface area contributed by atoms with Gasteiger partial charge in [0.2, 0.25) is 0 Å². The average Bonchev–Trinajstić information content (AvgIpc) is 2.94. The number of pyridine rings is 1. The normalized spacial score (nSPS) is 28.1. The third-order valence-corrected chi connectivity index (χ3v) is 5.20. The predicted molar refractivity (Wildman–Crippen MR) is 78.7 cm³/mol. The molecule has 5 heteroatoms. The van der Waals surface area contributed by atoms with Gasteiger partial charge in [-0.25, -0.2) is 9.78 Å². The van der Waals surface area contributed by atoms with E-state index >= 15 is 0 Å². The lowest BCUT2D eigenvalue weighted by molar-refractivity contribution is 0.0250. The Kier molecular flexibility index (Phi) is 3.40. The summed E-state index contributed by atoms with van der Waals surface area (Å²) in [6.45, 7) is 6.55. The van der Waals surface area contributed by atoms with Crippen LogP contribution in [0.15, 0.2) is 29.4 Å². The summed E-state index contributed by atoms with van der Waals surface area (Å²) in [6, 6.07) is 6.26. The van der Waals surface area contributed by atoms with Gasteiger partial charge in [0, 0.05) is 24.0 Å². The number of ether oxygens (including phenoxy) is 1. The van der Waals surface area contributed by atoms with E-state index in [4.69, 9.17) is 4.74 Å². The van der Waals surface area contributed by atoms with E-state index in [0.717, 1.165) is 18.0 Å². The second kappa shape index (κ2) is 4.95. The molecule has 2 saturated heterocycles. The van der Waals surface area contributed by atoms with Crippen LogP contribution in [0.2, 0.25) is 0 Å². The number of fused-ring (bicyclic) bond motifs is 1. The van der Waals surface area contributed by atoms with Crippen molar-refractivity contribution in [3.63, 3.8) is 0 Å². The van der Waals surface area contributed by atoms with E-state index in [1.807, 2.05) is 50.1 Å². The van der Waals surface area contributed by atoms with Crippen molar-refractivity contribution in [3.05, 3.63) is 24.4 Å². The number of thioether (sulfide) groups is 1. The summed E-state index contributed by atoms with van der Waals surface area (Å²) in [5.41, 5.74) is -0.423. The molecule has 4 nitrogen and oxygen atoms in total. The summed E-state index contributed by atoms with van der Waals surface area (Å²) in [4.78, 5) is 18.4. The first-order valence-corrected chi connectivity index (χ1v) is 7.89. The molecule has 1 aliphatic carbocycles. The minimum Gasteiger partial charge on any atom is -0.444 e. The summed E-state index contributed by atoms with van der Waals surface area (Å²) in [7, 11) is 0. The molecule has 0 aromatic carbocycles. The molecule has 2 aliphatic heterocycles. The highest BCUT2D eigenvalue weighted by atomic mass is 32.2. The number of hydrogen-bond acceptors (Lipinski definition) is 4. The molecule has 1 saturated carbocycles. The molecular weight excluding hydrogens is 272 g/mol. The lowest BCUT2D eigenvalue weighted by Gasteiger charge is -2.35. The lowest BCUT2D eigenvalue weighted by Crippen LogP contribution is -2.44. The van der Waals surface area contributed by atoms with Crippen LogP contribution in [0.25, 0.3) is 0 Å². The molecule has 3 aliphatic rings. The number of carbonyl (C=O) groups excluding carboxylic acids is 1. The fourth-order valence-corrected chi connectivity index (χ4v) is 4.19. The maximum atomic E-state index is 12.2. The minimum atomic E-state index is -0.423. The lowest BCUT2D eigenvalue weighted by atomic mass is 9.85. The van der Waals surface area contributed by atoms with Crippen LogP contribution in [0.3, 0.4) is 0 Å². The molecule has 0 N–H and O–H groups in total. The Labute approximate surface area is 123 Å². The SMILES string of the molecule is CC(C)(C)OC(=O)N1C[C@H]2C[C@@H]1[C@@H]2Sc1ccccn1. The summed E-state index contributed by atoms with van der Waals surface area (Å²) in [6.07, 6.45) is 2.74. The van der Waals surface area contributed by atoms with Crippen molar-refractivity contribution in [2.75, 3.05) is 6.54 Å². The fourth-order valence-electron chi connectivity index (χ4n) is 2.83. The van der Waals surface area contributed by atoms with Crippen molar-refractivity contribution in [1.82, 2.24) is 9.88 Å². The van der Waals surface area contributed by atoms with Gasteiger partial charge in [-0.1, -0.05) is 6.07 Å². The number of rotatable bonds is 2. The Morgan fingerprint density at radius 1 is 1.45 bits per heavy atom. The third-order valence-electron chi connectivity index (χ3n) is 3.74. The van der Waals surface area contributed by atoms with Crippen molar-refractivity contribution in [2.24, 2.45) is 5.92 Å². The van der Waals surface area contributed by atoms with Gasteiger partial charge >= 0.3 is 6.09 Å². The molecular formula is C15H20N2O2S. The molecule has 108 valence electrons. The first kappa shape index (κ1) is 13.7. The van der Waals surface area contributed by atoms with E-state index in [2.05, 4.69) is 4.98 Å². The summed E-state index contributed by atoms with van der Waals surface area (Å²) in [5.74, 6) is 0.583. The number of aromatic nitrogens is 1. The molecule has 4 rings (SSSR count). The minimum absolute atomic E-state index is 0.172. The van der Waals surface area contributed by atoms with Gasteiger partial charge in [-0.3, -0.25) is 0 Å². The molecule has 3 heterocycles. The van der Waals surface area contributed by atoms with Gasteiger partial charge in [0.05, 0.1) is 5.03 Å². The maximum Gasteiger partial charge on any atom is 0.410 e. The van der Waals surface area contributed by atoms with Crippen LogP contribution in [0, 0.1) is 5.92 Å². The Morgan fingerprint density at radius 2 is 2.25 bits per heavy atom. The van der Waals surface area contributed by atoms with Gasteiger partial charge in [-0.15, -0.1) is 11.8 Å². The Hall–Kier alpha value is -1.23. The monoisotopic (exact) mass is 292 g/mol. The average molecular weight is 292 g/mol. The molecule has 1 amide bonds. The largest absolute Gasteiger partial charge is 0.444 e. The van der Waals surface area contributed by atoms with Crippen molar-refractivity contribution in [2.45, 2.75) is 49.1 Å². The van der Waals surface area contributed by atoms with Crippen molar-refractivity contribution in [3.8, 4) is 0 Å². The third kappa shape index (κ3) is 2.64. The molecule has 0 radical (unpaired) electrons. The number of amides is 1.